The third-order valence-corrected chi connectivity index (χ3v) is 6.24. The summed E-state index contributed by atoms with van der Waals surface area (Å²) in [5, 5.41) is 4.62. The summed E-state index contributed by atoms with van der Waals surface area (Å²) in [7, 11) is 0. The van der Waals surface area contributed by atoms with Crippen LogP contribution in [0.3, 0.4) is 0 Å². The largest absolute Gasteiger partial charge is 0.351 e. The Morgan fingerprint density at radius 3 is 3.04 bits per heavy atom. The van der Waals surface area contributed by atoms with Gasteiger partial charge in [0.05, 0.1) is 0 Å². The molecule has 0 fully saturated rings. The molecule has 140 valence electrons. The van der Waals surface area contributed by atoms with Crippen LogP contribution in [0.25, 0.3) is 11.4 Å². The van der Waals surface area contributed by atoms with Gasteiger partial charge in [0, 0.05) is 55.4 Å². The van der Waals surface area contributed by atoms with Crippen LogP contribution in [0.5, 0.6) is 0 Å². The molecule has 5 nitrogen and oxygen atoms in total. The van der Waals surface area contributed by atoms with Crippen molar-refractivity contribution < 1.29 is 8.96 Å². The maximum absolute atomic E-state index is 14.2. The van der Waals surface area contributed by atoms with E-state index >= 15 is 0 Å². The summed E-state index contributed by atoms with van der Waals surface area (Å²) in [6.07, 6.45) is 9.46. The van der Waals surface area contributed by atoms with E-state index < -0.39 is 0 Å². The summed E-state index contributed by atoms with van der Waals surface area (Å²) in [5.74, 6) is 0.0274. The van der Waals surface area contributed by atoms with Crippen molar-refractivity contribution in [1.29, 1.82) is 0 Å². The highest BCUT2D eigenvalue weighted by Gasteiger charge is 2.37. The number of pyridine rings is 1. The van der Waals surface area contributed by atoms with Crippen LogP contribution in [0.15, 0.2) is 67.3 Å². The van der Waals surface area contributed by atoms with Crippen LogP contribution >= 0.6 is 0 Å². The van der Waals surface area contributed by atoms with Gasteiger partial charge in [-0.25, -0.2) is 4.39 Å². The molecule has 3 aliphatic heterocycles. The Hall–Kier alpha value is -3.15. The fourth-order valence-electron chi connectivity index (χ4n) is 4.86. The zero-order valence-electron chi connectivity index (χ0n) is 15.4. The van der Waals surface area contributed by atoms with Gasteiger partial charge in [-0.3, -0.25) is 4.68 Å². The van der Waals surface area contributed by atoms with E-state index in [0.29, 0.717) is 0 Å². The molecular weight excluding hydrogens is 353 g/mol. The van der Waals surface area contributed by atoms with E-state index in [2.05, 4.69) is 67.0 Å². The summed E-state index contributed by atoms with van der Waals surface area (Å²) >= 11 is 0. The van der Waals surface area contributed by atoms with Gasteiger partial charge in [0.25, 0.3) is 0 Å². The van der Waals surface area contributed by atoms with Crippen molar-refractivity contribution in [2.24, 2.45) is 0 Å². The second-order valence-corrected chi connectivity index (χ2v) is 7.75. The molecule has 28 heavy (non-hydrogen) atoms. The summed E-state index contributed by atoms with van der Waals surface area (Å²) in [4.78, 5) is 4.72. The van der Waals surface area contributed by atoms with E-state index in [9.17, 15) is 4.39 Å². The lowest BCUT2D eigenvalue weighted by Gasteiger charge is -2.36. The van der Waals surface area contributed by atoms with E-state index in [1.165, 1.54) is 0 Å². The summed E-state index contributed by atoms with van der Waals surface area (Å²) < 4.78 is 18.6. The number of fused-ring (bicyclic) bond motifs is 3. The zero-order valence-corrected chi connectivity index (χ0v) is 15.4. The van der Waals surface area contributed by atoms with Crippen LogP contribution in [0, 0.1) is 5.82 Å². The molecule has 5 heterocycles. The first-order valence-electron chi connectivity index (χ1n) is 9.80. The van der Waals surface area contributed by atoms with Crippen LogP contribution in [-0.2, 0) is 13.1 Å². The maximum atomic E-state index is 14.2. The lowest BCUT2D eigenvalue weighted by molar-refractivity contribution is -0.690. The van der Waals surface area contributed by atoms with Crippen LogP contribution in [0.2, 0.25) is 0 Å². The predicted molar refractivity (Wildman–Crippen MR) is 104 cm³/mol. The van der Waals surface area contributed by atoms with E-state index in [1.807, 2.05) is 12.3 Å². The average molecular weight is 374 g/mol. The number of anilines is 1. The molecule has 0 radical (unpaired) electrons. The fraction of sp³-hybridized carbons (Fsp3) is 0.273. The minimum atomic E-state index is -0.172. The third-order valence-electron chi connectivity index (χ3n) is 6.24. The minimum Gasteiger partial charge on any atom is -0.351 e. The smallest absolute Gasteiger partial charge is 0.230 e. The molecule has 0 saturated carbocycles. The highest BCUT2D eigenvalue weighted by Crippen LogP contribution is 2.39. The number of aromatic nitrogens is 3. The van der Waals surface area contributed by atoms with Crippen molar-refractivity contribution in [3.63, 3.8) is 0 Å². The molecule has 2 aromatic heterocycles. The molecule has 3 aromatic rings. The topological polar surface area (TPSA) is 28.2 Å². The van der Waals surface area contributed by atoms with Gasteiger partial charge in [-0.15, -0.1) is 0 Å². The maximum Gasteiger partial charge on any atom is 0.230 e. The van der Waals surface area contributed by atoms with Crippen LogP contribution < -0.4 is 9.47 Å². The molecule has 0 spiro atoms. The van der Waals surface area contributed by atoms with Gasteiger partial charge in [-0.05, 0) is 42.3 Å². The number of hydrogen-bond acceptors (Lipinski definition) is 3. The van der Waals surface area contributed by atoms with Gasteiger partial charge in [0.15, 0.2) is 18.9 Å². The van der Waals surface area contributed by atoms with Gasteiger partial charge in [-0.1, -0.05) is 0 Å². The highest BCUT2D eigenvalue weighted by atomic mass is 19.1. The molecule has 1 aromatic carbocycles. The molecule has 1 unspecified atom stereocenters. The second kappa shape index (κ2) is 5.92. The van der Waals surface area contributed by atoms with Crippen LogP contribution in [0.4, 0.5) is 10.1 Å². The minimum absolute atomic E-state index is 0.172. The van der Waals surface area contributed by atoms with Crippen molar-refractivity contribution in [2.75, 3.05) is 11.4 Å². The molecule has 2 atom stereocenters. The quantitative estimate of drug-likeness (QED) is 0.566. The van der Waals surface area contributed by atoms with Crippen molar-refractivity contribution in [3.8, 4) is 11.4 Å². The molecule has 0 aliphatic carbocycles. The molecule has 3 aliphatic rings. The molecule has 4 bridgehead atoms. The normalized spacial score (nSPS) is 22.3. The van der Waals surface area contributed by atoms with Crippen LogP contribution in [-0.4, -0.2) is 27.4 Å². The van der Waals surface area contributed by atoms with Gasteiger partial charge in [0.2, 0.25) is 5.69 Å². The van der Waals surface area contributed by atoms with Gasteiger partial charge in [0.1, 0.15) is 11.5 Å². The number of halogens is 1. The Balaban J connectivity index is 1.61. The Bertz CT molecular complexity index is 1090. The van der Waals surface area contributed by atoms with E-state index in [4.69, 9.17) is 0 Å². The standard InChI is InChI=1S/C22H21FN5/c23-17-4-5-19-18(13-17)16-7-10-25-11-12-27(19)22(25)15-26-9-2-1-3-20(26)21-6-8-24-28(21)14-16/h1-6,8-9,11-13,16,22H,7,10,14-15H2/q+1/t16?,22-/m0/s1. The Labute approximate surface area is 162 Å². The zero-order chi connectivity index (χ0) is 18.7. The van der Waals surface area contributed by atoms with Crippen molar-refractivity contribution in [3.05, 3.63) is 78.6 Å². The van der Waals surface area contributed by atoms with Crippen molar-refractivity contribution in [2.45, 2.75) is 31.6 Å². The molecule has 0 amide bonds. The number of hydrogen-bond donors (Lipinski definition) is 0. The third kappa shape index (κ3) is 2.30. The predicted octanol–water partition coefficient (Wildman–Crippen LogP) is 3.10. The first-order chi connectivity index (χ1) is 13.8. The summed E-state index contributed by atoms with van der Waals surface area (Å²) in [5.41, 5.74) is 4.44. The Morgan fingerprint density at radius 2 is 2.07 bits per heavy atom. The first kappa shape index (κ1) is 15.9. The molecule has 0 saturated heterocycles. The second-order valence-electron chi connectivity index (χ2n) is 7.75. The summed E-state index contributed by atoms with van der Waals surface area (Å²) in [6.45, 7) is 2.49. The van der Waals surface area contributed by atoms with E-state index in [1.54, 1.807) is 12.1 Å². The SMILES string of the molecule is Fc1ccc2c(c1)C1CCN3C=CN2[C@H]3C[n+]2ccccc2-c2ccnn2C1. The van der Waals surface area contributed by atoms with Gasteiger partial charge >= 0.3 is 0 Å². The average Bonchev–Trinajstić information content (AvgIpc) is 3.32. The number of benzene rings is 1. The van der Waals surface area contributed by atoms with Crippen molar-refractivity contribution >= 4 is 5.69 Å². The van der Waals surface area contributed by atoms with E-state index in [0.717, 1.165) is 48.7 Å². The fourth-order valence-corrected chi connectivity index (χ4v) is 4.86. The molecular formula is C22H21FN5+. The monoisotopic (exact) mass is 374 g/mol. The molecule has 6 heteroatoms. The lowest BCUT2D eigenvalue weighted by atomic mass is 9.92. The Kier molecular flexibility index (Phi) is 3.36. The molecule has 0 N–H and O–H groups in total. The Morgan fingerprint density at radius 1 is 1.11 bits per heavy atom. The molecule has 6 rings (SSSR count). The number of nitrogens with zero attached hydrogens (tertiary/aromatic N) is 5. The van der Waals surface area contributed by atoms with Gasteiger partial charge < -0.3 is 9.80 Å². The first-order valence-corrected chi connectivity index (χ1v) is 9.80. The number of rotatable bonds is 0. The summed E-state index contributed by atoms with van der Waals surface area (Å²) in [6, 6.07) is 13.6. The highest BCUT2D eigenvalue weighted by molar-refractivity contribution is 5.60. The lowest BCUT2D eigenvalue weighted by Crippen LogP contribution is -2.52. The van der Waals surface area contributed by atoms with Crippen molar-refractivity contribution in [1.82, 2.24) is 14.7 Å². The van der Waals surface area contributed by atoms with Crippen LogP contribution in [0.1, 0.15) is 17.9 Å². The van der Waals surface area contributed by atoms with E-state index in [-0.39, 0.29) is 17.9 Å². The van der Waals surface area contributed by atoms with Gasteiger partial charge in [-0.2, -0.15) is 9.67 Å².